The predicted octanol–water partition coefficient (Wildman–Crippen LogP) is 3.80. The zero-order valence-corrected chi connectivity index (χ0v) is 14.3. The predicted molar refractivity (Wildman–Crippen MR) is 98.5 cm³/mol. The second-order valence-corrected chi connectivity index (χ2v) is 5.86. The first-order chi connectivity index (χ1) is 12.2. The van der Waals surface area contributed by atoms with Crippen LogP contribution in [0, 0.1) is 0 Å². The summed E-state index contributed by atoms with van der Waals surface area (Å²) in [6, 6.07) is 17.7. The fourth-order valence-electron chi connectivity index (χ4n) is 2.66. The van der Waals surface area contributed by atoms with Crippen molar-refractivity contribution in [2.45, 2.75) is 19.5 Å². The van der Waals surface area contributed by atoms with Gasteiger partial charge < -0.3 is 15.4 Å². The Bertz CT molecular complexity index is 879. The third-order valence-corrected chi connectivity index (χ3v) is 4.08. The summed E-state index contributed by atoms with van der Waals surface area (Å²) in [7, 11) is 1.57. The summed E-state index contributed by atoms with van der Waals surface area (Å²) in [5.74, 6) is 0.532. The molecule has 0 aliphatic heterocycles. The smallest absolute Gasteiger partial charge is 0.315 e. The van der Waals surface area contributed by atoms with E-state index in [-0.39, 0.29) is 12.1 Å². The third kappa shape index (κ3) is 4.26. The van der Waals surface area contributed by atoms with Crippen LogP contribution in [-0.4, -0.2) is 18.1 Å². The maximum Gasteiger partial charge on any atom is 0.315 e. The molecule has 1 unspecified atom stereocenters. The fourth-order valence-corrected chi connectivity index (χ4v) is 2.66. The summed E-state index contributed by atoms with van der Waals surface area (Å²) in [6.45, 7) is 2.38. The van der Waals surface area contributed by atoms with Crippen molar-refractivity contribution >= 4 is 16.8 Å². The second-order valence-electron chi connectivity index (χ2n) is 5.86. The standard InChI is InChI=1S/C20H21N3O2/c1-14(17-8-7-16-5-3-4-6-18(16)12-17)23-20(24)22-13-15-9-10-21-19(11-15)25-2/h3-12,14H,13H2,1-2H3,(H2,22,23,24). The van der Waals surface area contributed by atoms with Crippen molar-refractivity contribution in [2.24, 2.45) is 0 Å². The number of ether oxygens (including phenoxy) is 1. The molecule has 0 bridgehead atoms. The number of amides is 2. The number of aromatic nitrogens is 1. The second kappa shape index (κ2) is 7.66. The Morgan fingerprint density at radius 3 is 2.72 bits per heavy atom. The van der Waals surface area contributed by atoms with Gasteiger partial charge in [0, 0.05) is 18.8 Å². The van der Waals surface area contributed by atoms with Crippen molar-refractivity contribution in [3.63, 3.8) is 0 Å². The highest BCUT2D eigenvalue weighted by molar-refractivity contribution is 5.83. The van der Waals surface area contributed by atoms with E-state index < -0.39 is 0 Å². The quantitative estimate of drug-likeness (QED) is 0.745. The number of nitrogens with zero attached hydrogens (tertiary/aromatic N) is 1. The summed E-state index contributed by atoms with van der Waals surface area (Å²) >= 11 is 0. The number of hydrogen-bond acceptors (Lipinski definition) is 3. The molecule has 0 spiro atoms. The maximum absolute atomic E-state index is 12.1. The Kier molecular flexibility index (Phi) is 5.14. The average Bonchev–Trinajstić information content (AvgIpc) is 2.66. The summed E-state index contributed by atoms with van der Waals surface area (Å²) < 4.78 is 5.08. The van der Waals surface area contributed by atoms with Crippen LogP contribution in [0.4, 0.5) is 4.79 Å². The highest BCUT2D eigenvalue weighted by atomic mass is 16.5. The number of benzene rings is 2. The van der Waals surface area contributed by atoms with Gasteiger partial charge in [0.25, 0.3) is 0 Å². The molecule has 2 N–H and O–H groups in total. The minimum absolute atomic E-state index is 0.0865. The Balaban J connectivity index is 1.59. The average molecular weight is 335 g/mol. The van der Waals surface area contributed by atoms with Gasteiger partial charge in [0.05, 0.1) is 13.2 Å². The molecular weight excluding hydrogens is 314 g/mol. The molecule has 0 radical (unpaired) electrons. The van der Waals surface area contributed by atoms with Gasteiger partial charge in [-0.25, -0.2) is 9.78 Å². The Morgan fingerprint density at radius 1 is 1.12 bits per heavy atom. The van der Waals surface area contributed by atoms with Crippen LogP contribution in [0.25, 0.3) is 10.8 Å². The number of rotatable bonds is 5. The Hall–Kier alpha value is -3.08. The van der Waals surface area contributed by atoms with E-state index in [1.54, 1.807) is 19.4 Å². The molecule has 2 aromatic carbocycles. The van der Waals surface area contributed by atoms with Gasteiger partial charge in [-0.05, 0) is 41.0 Å². The monoisotopic (exact) mass is 335 g/mol. The van der Waals surface area contributed by atoms with Crippen LogP contribution < -0.4 is 15.4 Å². The molecular formula is C20H21N3O2. The van der Waals surface area contributed by atoms with Crippen molar-refractivity contribution in [2.75, 3.05) is 7.11 Å². The van der Waals surface area contributed by atoms with Gasteiger partial charge in [0.15, 0.2) is 0 Å². The highest BCUT2D eigenvalue weighted by Crippen LogP contribution is 2.20. The third-order valence-electron chi connectivity index (χ3n) is 4.08. The van der Waals surface area contributed by atoms with Crippen molar-refractivity contribution in [1.82, 2.24) is 15.6 Å². The van der Waals surface area contributed by atoms with Gasteiger partial charge in [0.1, 0.15) is 0 Å². The summed E-state index contributed by atoms with van der Waals surface area (Å²) in [5.41, 5.74) is 2.00. The van der Waals surface area contributed by atoms with E-state index in [1.807, 2.05) is 31.2 Å². The maximum atomic E-state index is 12.1. The van der Waals surface area contributed by atoms with Crippen LogP contribution in [0.1, 0.15) is 24.1 Å². The molecule has 0 saturated carbocycles. The Labute approximate surface area is 147 Å². The number of urea groups is 1. The molecule has 25 heavy (non-hydrogen) atoms. The highest BCUT2D eigenvalue weighted by Gasteiger charge is 2.10. The van der Waals surface area contributed by atoms with Crippen LogP contribution in [-0.2, 0) is 6.54 Å². The van der Waals surface area contributed by atoms with E-state index >= 15 is 0 Å². The van der Waals surface area contributed by atoms with E-state index in [9.17, 15) is 4.79 Å². The molecule has 0 aliphatic carbocycles. The van der Waals surface area contributed by atoms with Crippen LogP contribution in [0.2, 0.25) is 0 Å². The molecule has 128 valence electrons. The van der Waals surface area contributed by atoms with Gasteiger partial charge >= 0.3 is 6.03 Å². The molecule has 0 fully saturated rings. The number of hydrogen-bond donors (Lipinski definition) is 2. The molecule has 5 nitrogen and oxygen atoms in total. The van der Waals surface area contributed by atoms with Crippen LogP contribution in [0.15, 0.2) is 60.8 Å². The lowest BCUT2D eigenvalue weighted by molar-refractivity contribution is 0.237. The zero-order valence-electron chi connectivity index (χ0n) is 14.3. The first-order valence-electron chi connectivity index (χ1n) is 8.17. The van der Waals surface area contributed by atoms with Crippen LogP contribution in [0.5, 0.6) is 5.88 Å². The van der Waals surface area contributed by atoms with Crippen LogP contribution in [0.3, 0.4) is 0 Å². The minimum Gasteiger partial charge on any atom is -0.481 e. The number of carbonyl (C=O) groups is 1. The number of fused-ring (bicyclic) bond motifs is 1. The van der Waals surface area contributed by atoms with Crippen molar-refractivity contribution in [1.29, 1.82) is 0 Å². The van der Waals surface area contributed by atoms with Gasteiger partial charge in [-0.1, -0.05) is 36.4 Å². The summed E-state index contributed by atoms with van der Waals surface area (Å²) in [4.78, 5) is 16.2. The first-order valence-corrected chi connectivity index (χ1v) is 8.17. The number of methoxy groups -OCH3 is 1. The molecule has 5 heteroatoms. The van der Waals surface area contributed by atoms with Gasteiger partial charge in [-0.15, -0.1) is 0 Å². The van der Waals surface area contributed by atoms with Gasteiger partial charge in [0.2, 0.25) is 5.88 Å². The molecule has 0 aliphatic rings. The van der Waals surface area contributed by atoms with Crippen molar-refractivity contribution in [3.8, 4) is 5.88 Å². The molecule has 3 aromatic rings. The van der Waals surface area contributed by atoms with Crippen molar-refractivity contribution < 1.29 is 9.53 Å². The van der Waals surface area contributed by atoms with E-state index in [1.165, 1.54) is 5.39 Å². The molecule has 1 aromatic heterocycles. The van der Waals surface area contributed by atoms with Gasteiger partial charge in [-0.2, -0.15) is 0 Å². The van der Waals surface area contributed by atoms with E-state index in [4.69, 9.17) is 4.74 Å². The zero-order chi connectivity index (χ0) is 17.6. The molecule has 0 saturated heterocycles. The topological polar surface area (TPSA) is 63.2 Å². The lowest BCUT2D eigenvalue weighted by Crippen LogP contribution is -2.36. The fraction of sp³-hybridized carbons (Fsp3) is 0.200. The first kappa shape index (κ1) is 16.8. The van der Waals surface area contributed by atoms with Gasteiger partial charge in [-0.3, -0.25) is 0 Å². The lowest BCUT2D eigenvalue weighted by Gasteiger charge is -2.16. The largest absolute Gasteiger partial charge is 0.481 e. The molecule has 1 atom stereocenters. The number of pyridine rings is 1. The Morgan fingerprint density at radius 2 is 1.92 bits per heavy atom. The van der Waals surface area contributed by atoms with E-state index in [2.05, 4.69) is 39.9 Å². The van der Waals surface area contributed by atoms with Crippen LogP contribution >= 0.6 is 0 Å². The van der Waals surface area contributed by atoms with E-state index in [0.29, 0.717) is 12.4 Å². The SMILES string of the molecule is COc1cc(CNC(=O)NC(C)c2ccc3ccccc3c2)ccn1. The molecule has 2 amide bonds. The summed E-state index contributed by atoms with van der Waals surface area (Å²) in [5, 5.41) is 8.17. The molecule has 3 rings (SSSR count). The molecule has 1 heterocycles. The summed E-state index contributed by atoms with van der Waals surface area (Å²) in [6.07, 6.45) is 1.66. The van der Waals surface area contributed by atoms with Crippen molar-refractivity contribution in [3.05, 3.63) is 71.9 Å². The lowest BCUT2D eigenvalue weighted by atomic mass is 10.0. The number of nitrogens with one attached hydrogen (secondary N) is 2. The normalized spacial score (nSPS) is 11.8. The minimum atomic E-state index is -0.212. The number of carbonyl (C=O) groups excluding carboxylic acids is 1. The van der Waals surface area contributed by atoms with E-state index in [0.717, 1.165) is 16.5 Å².